The number of benzene rings is 2. The smallest absolute Gasteiger partial charge is 0.407 e. The van der Waals surface area contributed by atoms with Crippen LogP contribution in [0.3, 0.4) is 0 Å². The van der Waals surface area contributed by atoms with Crippen molar-refractivity contribution in [2.24, 2.45) is 0 Å². The van der Waals surface area contributed by atoms with Crippen molar-refractivity contribution in [1.82, 2.24) is 5.32 Å². The van der Waals surface area contributed by atoms with Crippen molar-refractivity contribution >= 4 is 23.4 Å². The quantitative estimate of drug-likeness (QED) is 0.626. The van der Waals surface area contributed by atoms with Crippen LogP contribution < -0.4 is 5.32 Å². The summed E-state index contributed by atoms with van der Waals surface area (Å²) in [6.07, 6.45) is -0.697. The first-order valence-corrected chi connectivity index (χ1v) is 10.3. The number of nitrogens with zero attached hydrogens (tertiary/aromatic N) is 1. The maximum absolute atomic E-state index is 12.3. The summed E-state index contributed by atoms with van der Waals surface area (Å²) in [5.74, 6) is -1.25. The maximum Gasteiger partial charge on any atom is 0.407 e. The molecule has 6 nitrogen and oxygen atoms in total. The zero-order valence-corrected chi connectivity index (χ0v) is 16.7. The molecule has 1 aliphatic carbocycles. The summed E-state index contributed by atoms with van der Waals surface area (Å²) < 4.78 is 5.42. The van der Waals surface area contributed by atoms with Crippen molar-refractivity contribution in [2.45, 2.75) is 18.4 Å². The lowest BCUT2D eigenvalue weighted by molar-refractivity contribution is -0.139. The second-order valence-corrected chi connectivity index (χ2v) is 7.91. The van der Waals surface area contributed by atoms with Crippen LogP contribution >= 0.6 is 11.3 Å². The Morgan fingerprint density at radius 1 is 1.13 bits per heavy atom. The molecule has 0 spiro atoms. The number of thiophene rings is 1. The van der Waals surface area contributed by atoms with Gasteiger partial charge in [0, 0.05) is 12.3 Å². The highest BCUT2D eigenvalue weighted by atomic mass is 32.1. The van der Waals surface area contributed by atoms with Crippen molar-refractivity contribution < 1.29 is 19.4 Å². The highest BCUT2D eigenvalue weighted by molar-refractivity contribution is 7.10. The van der Waals surface area contributed by atoms with E-state index in [0.29, 0.717) is 10.4 Å². The van der Waals surface area contributed by atoms with Gasteiger partial charge in [0.2, 0.25) is 0 Å². The predicted molar refractivity (Wildman–Crippen MR) is 112 cm³/mol. The first-order chi connectivity index (χ1) is 14.6. The fourth-order valence-corrected chi connectivity index (χ4v) is 4.47. The topological polar surface area (TPSA) is 99.4 Å². The molecule has 0 saturated carbocycles. The summed E-state index contributed by atoms with van der Waals surface area (Å²) in [6.45, 7) is 0.114. The Hall–Kier alpha value is -3.63. The van der Waals surface area contributed by atoms with E-state index in [9.17, 15) is 14.7 Å². The van der Waals surface area contributed by atoms with E-state index >= 15 is 0 Å². The Kier molecular flexibility index (Phi) is 5.50. The number of rotatable bonds is 6. The average Bonchev–Trinajstić information content (AvgIpc) is 3.34. The van der Waals surface area contributed by atoms with Gasteiger partial charge in [-0.3, -0.25) is 0 Å². The van der Waals surface area contributed by atoms with E-state index in [1.807, 2.05) is 54.6 Å². The molecule has 0 fully saturated rings. The summed E-state index contributed by atoms with van der Waals surface area (Å²) >= 11 is 1.24. The summed E-state index contributed by atoms with van der Waals surface area (Å²) in [5, 5.41) is 22.5. The Labute approximate surface area is 177 Å². The molecule has 2 N–H and O–H groups in total. The summed E-state index contributed by atoms with van der Waals surface area (Å²) in [4.78, 5) is 24.4. The SMILES string of the molecule is N#Cc1cc(CC(NC(=O)OCC2c3ccccc3-c3ccccc32)C(=O)O)cs1. The maximum atomic E-state index is 12.3. The molecule has 150 valence electrons. The number of hydrogen-bond donors (Lipinski definition) is 2. The van der Waals surface area contributed by atoms with Gasteiger partial charge in [-0.15, -0.1) is 11.3 Å². The number of alkyl carbamates (subject to hydrolysis) is 1. The van der Waals surface area contributed by atoms with Crippen LogP contribution in [-0.2, 0) is 16.0 Å². The summed E-state index contributed by atoms with van der Waals surface area (Å²) in [5.41, 5.74) is 5.10. The van der Waals surface area contributed by atoms with Crippen LogP contribution in [-0.4, -0.2) is 29.8 Å². The Morgan fingerprint density at radius 3 is 2.33 bits per heavy atom. The first kappa shape index (κ1) is 19.7. The van der Waals surface area contributed by atoms with Gasteiger partial charge in [0.1, 0.15) is 23.6 Å². The van der Waals surface area contributed by atoms with Gasteiger partial charge in [0.25, 0.3) is 0 Å². The second kappa shape index (κ2) is 8.39. The van der Waals surface area contributed by atoms with Crippen LogP contribution in [0.4, 0.5) is 4.79 Å². The number of hydrogen-bond acceptors (Lipinski definition) is 5. The lowest BCUT2D eigenvalue weighted by atomic mass is 9.98. The van der Waals surface area contributed by atoms with Crippen LogP contribution in [0.2, 0.25) is 0 Å². The number of aliphatic carboxylic acids is 1. The van der Waals surface area contributed by atoms with Crippen molar-refractivity contribution in [3.05, 3.63) is 81.5 Å². The van der Waals surface area contributed by atoms with Gasteiger partial charge < -0.3 is 15.2 Å². The van der Waals surface area contributed by atoms with E-state index in [4.69, 9.17) is 10.00 Å². The predicted octanol–water partition coefficient (Wildman–Crippen LogP) is 4.15. The fourth-order valence-electron chi connectivity index (χ4n) is 3.76. The van der Waals surface area contributed by atoms with Crippen molar-refractivity contribution in [2.75, 3.05) is 6.61 Å². The largest absolute Gasteiger partial charge is 0.480 e. The number of carbonyl (C=O) groups is 2. The Morgan fingerprint density at radius 2 is 1.77 bits per heavy atom. The van der Waals surface area contributed by atoms with Gasteiger partial charge in [-0.25, -0.2) is 9.59 Å². The molecule has 1 aromatic heterocycles. The Balaban J connectivity index is 1.43. The van der Waals surface area contributed by atoms with Crippen molar-refractivity contribution in [3.8, 4) is 17.2 Å². The number of amides is 1. The number of nitriles is 1. The first-order valence-electron chi connectivity index (χ1n) is 9.38. The summed E-state index contributed by atoms with van der Waals surface area (Å²) in [7, 11) is 0. The molecule has 0 aliphatic heterocycles. The molecule has 30 heavy (non-hydrogen) atoms. The molecule has 0 bridgehead atoms. The number of carboxylic acids is 1. The summed E-state index contributed by atoms with van der Waals surface area (Å²) in [6, 6.07) is 18.5. The molecule has 0 radical (unpaired) electrons. The molecule has 1 unspecified atom stereocenters. The van der Waals surface area contributed by atoms with Gasteiger partial charge in [-0.05, 0) is 39.3 Å². The van der Waals surface area contributed by atoms with E-state index in [-0.39, 0.29) is 18.9 Å². The van der Waals surface area contributed by atoms with Crippen LogP contribution in [0.25, 0.3) is 11.1 Å². The molecule has 2 aromatic carbocycles. The fraction of sp³-hybridized carbons (Fsp3) is 0.174. The van der Waals surface area contributed by atoms with E-state index < -0.39 is 18.1 Å². The van der Waals surface area contributed by atoms with Crippen LogP contribution in [0.5, 0.6) is 0 Å². The molecule has 1 amide bonds. The molecule has 7 heteroatoms. The zero-order valence-electron chi connectivity index (χ0n) is 15.9. The molecule has 1 atom stereocenters. The molecular weight excluding hydrogens is 400 g/mol. The lowest BCUT2D eigenvalue weighted by Crippen LogP contribution is -2.42. The normalized spacial score (nSPS) is 13.0. The monoisotopic (exact) mass is 418 g/mol. The third kappa shape index (κ3) is 3.91. The lowest BCUT2D eigenvalue weighted by Gasteiger charge is -2.17. The van der Waals surface area contributed by atoms with Crippen molar-refractivity contribution in [1.29, 1.82) is 5.26 Å². The van der Waals surface area contributed by atoms with Crippen LogP contribution in [0, 0.1) is 11.3 Å². The molecule has 3 aromatic rings. The standard InChI is InChI=1S/C23H18N2O4S/c24-11-15-9-14(13-30-15)10-21(22(26)27)25-23(28)29-12-20-18-7-3-1-5-16(18)17-6-2-4-8-19(17)20/h1-9,13,20-21H,10,12H2,(H,25,28)(H,26,27). The highest BCUT2D eigenvalue weighted by Crippen LogP contribution is 2.44. The second-order valence-electron chi connectivity index (χ2n) is 7.00. The van der Waals surface area contributed by atoms with Gasteiger partial charge in [-0.1, -0.05) is 48.5 Å². The number of carbonyl (C=O) groups excluding carboxylic acids is 1. The number of nitrogens with one attached hydrogen (secondary N) is 1. The average molecular weight is 418 g/mol. The molecule has 0 saturated heterocycles. The van der Waals surface area contributed by atoms with Crippen molar-refractivity contribution in [3.63, 3.8) is 0 Å². The van der Waals surface area contributed by atoms with E-state index in [2.05, 4.69) is 5.32 Å². The van der Waals surface area contributed by atoms with Gasteiger partial charge in [-0.2, -0.15) is 5.26 Å². The molecule has 1 heterocycles. The van der Waals surface area contributed by atoms with Gasteiger partial charge >= 0.3 is 12.1 Å². The third-order valence-corrected chi connectivity index (χ3v) is 6.02. The third-order valence-electron chi connectivity index (χ3n) is 5.14. The van der Waals surface area contributed by atoms with E-state index in [1.165, 1.54) is 11.3 Å². The molecular formula is C23H18N2O4S. The minimum atomic E-state index is -1.16. The number of fused-ring (bicyclic) bond motifs is 3. The van der Waals surface area contributed by atoms with Crippen LogP contribution in [0.1, 0.15) is 27.5 Å². The minimum absolute atomic E-state index is 0.0811. The number of carboxylic acid groups (broad SMARTS) is 1. The molecule has 1 aliphatic rings. The minimum Gasteiger partial charge on any atom is -0.480 e. The van der Waals surface area contributed by atoms with E-state index in [1.54, 1.807) is 11.4 Å². The highest BCUT2D eigenvalue weighted by Gasteiger charge is 2.29. The number of ether oxygens (including phenoxy) is 1. The zero-order chi connectivity index (χ0) is 21.1. The van der Waals surface area contributed by atoms with Gasteiger partial charge in [0.05, 0.1) is 0 Å². The van der Waals surface area contributed by atoms with E-state index in [0.717, 1.165) is 22.3 Å². The van der Waals surface area contributed by atoms with Gasteiger partial charge in [0.15, 0.2) is 0 Å². The van der Waals surface area contributed by atoms with Crippen LogP contribution in [0.15, 0.2) is 60.0 Å². The molecule has 4 rings (SSSR count). The Bertz CT molecular complexity index is 1100.